The molecule has 12 heavy (non-hydrogen) atoms. The first-order valence-electron chi connectivity index (χ1n) is 3.08. The molecular formula is C6H6N2O4. The van der Waals surface area contributed by atoms with E-state index in [0.717, 1.165) is 0 Å². The first kappa shape index (κ1) is 8.25. The van der Waals surface area contributed by atoms with Crippen molar-refractivity contribution >= 4 is 6.09 Å². The van der Waals surface area contributed by atoms with E-state index in [1.165, 1.54) is 13.1 Å². The summed E-state index contributed by atoms with van der Waals surface area (Å²) in [7, 11) is 0. The number of H-pyrrole nitrogens is 1. The summed E-state index contributed by atoms with van der Waals surface area (Å²) in [5.74, 6) is 0. The first-order valence-corrected chi connectivity index (χ1v) is 3.08. The van der Waals surface area contributed by atoms with Crippen molar-refractivity contribution < 1.29 is 9.90 Å². The quantitative estimate of drug-likeness (QED) is 0.542. The Kier molecular flexibility index (Phi) is 1.82. The van der Waals surface area contributed by atoms with Crippen LogP contribution in [-0.4, -0.2) is 20.8 Å². The van der Waals surface area contributed by atoms with Gasteiger partial charge in [-0.15, -0.1) is 0 Å². The second-order valence-electron chi connectivity index (χ2n) is 2.20. The van der Waals surface area contributed by atoms with Crippen LogP contribution in [-0.2, 0) is 0 Å². The zero-order valence-corrected chi connectivity index (χ0v) is 6.20. The fourth-order valence-electron chi connectivity index (χ4n) is 0.739. The SMILES string of the molecule is Cc1c[nH]c(=O)n(C(=O)O)c1=O. The van der Waals surface area contributed by atoms with E-state index in [1.54, 1.807) is 0 Å². The number of carboxylic acid groups (broad SMARTS) is 1. The molecule has 64 valence electrons. The van der Waals surface area contributed by atoms with Gasteiger partial charge in [0.25, 0.3) is 5.56 Å². The largest absolute Gasteiger partial charge is 0.464 e. The van der Waals surface area contributed by atoms with Gasteiger partial charge in [-0.05, 0) is 6.92 Å². The Morgan fingerprint density at radius 1 is 1.58 bits per heavy atom. The number of carbonyl (C=O) groups is 1. The summed E-state index contributed by atoms with van der Waals surface area (Å²) >= 11 is 0. The normalized spacial score (nSPS) is 9.75. The van der Waals surface area contributed by atoms with Gasteiger partial charge in [-0.25, -0.2) is 9.59 Å². The van der Waals surface area contributed by atoms with Gasteiger partial charge in [-0.1, -0.05) is 0 Å². The molecule has 0 saturated carbocycles. The molecule has 0 spiro atoms. The Bertz CT molecular complexity index is 428. The minimum Gasteiger partial charge on any atom is -0.464 e. The second kappa shape index (κ2) is 2.65. The van der Waals surface area contributed by atoms with Crippen LogP contribution in [0.1, 0.15) is 5.56 Å². The Morgan fingerprint density at radius 2 is 2.17 bits per heavy atom. The summed E-state index contributed by atoms with van der Waals surface area (Å²) in [6, 6.07) is 0. The first-order chi connectivity index (χ1) is 5.54. The number of hydrogen-bond acceptors (Lipinski definition) is 3. The fraction of sp³-hybridized carbons (Fsp3) is 0.167. The van der Waals surface area contributed by atoms with Gasteiger partial charge in [-0.3, -0.25) is 4.79 Å². The van der Waals surface area contributed by atoms with E-state index in [0.29, 0.717) is 0 Å². The summed E-state index contributed by atoms with van der Waals surface area (Å²) in [6.07, 6.45) is -0.408. The van der Waals surface area contributed by atoms with Crippen molar-refractivity contribution in [2.45, 2.75) is 6.92 Å². The van der Waals surface area contributed by atoms with Crippen LogP contribution in [0.3, 0.4) is 0 Å². The highest BCUT2D eigenvalue weighted by Crippen LogP contribution is 1.79. The predicted octanol–water partition coefficient (Wildman–Crippen LogP) is -0.629. The highest BCUT2D eigenvalue weighted by molar-refractivity contribution is 5.67. The molecule has 1 aromatic heterocycles. The molecule has 0 unspecified atom stereocenters. The Balaban J connectivity index is 3.67. The molecule has 0 aliphatic carbocycles. The number of aromatic amines is 1. The maximum Gasteiger partial charge on any atom is 0.422 e. The number of aryl methyl sites for hydroxylation is 1. The van der Waals surface area contributed by atoms with Gasteiger partial charge in [0.15, 0.2) is 0 Å². The summed E-state index contributed by atoms with van der Waals surface area (Å²) in [5.41, 5.74) is -1.58. The van der Waals surface area contributed by atoms with E-state index in [4.69, 9.17) is 5.11 Å². The third kappa shape index (κ3) is 1.14. The minimum atomic E-state index is -1.58. The number of nitrogens with one attached hydrogen (secondary N) is 1. The van der Waals surface area contributed by atoms with Gasteiger partial charge in [-0.2, -0.15) is 4.57 Å². The molecule has 1 heterocycles. The lowest BCUT2D eigenvalue weighted by molar-refractivity contribution is 0.194. The standard InChI is InChI=1S/C6H6N2O4/c1-3-2-7-5(10)8(4(3)9)6(11)12/h2H,1H3,(H,7,10)(H,11,12). The van der Waals surface area contributed by atoms with Crippen molar-refractivity contribution in [3.05, 3.63) is 32.6 Å². The van der Waals surface area contributed by atoms with Gasteiger partial charge < -0.3 is 10.1 Å². The molecule has 0 atom stereocenters. The third-order valence-electron chi connectivity index (χ3n) is 1.35. The monoisotopic (exact) mass is 170 g/mol. The smallest absolute Gasteiger partial charge is 0.422 e. The summed E-state index contributed by atoms with van der Waals surface area (Å²) in [5, 5.41) is 8.41. The molecule has 0 aliphatic heterocycles. The Hall–Kier alpha value is -1.85. The lowest BCUT2D eigenvalue weighted by Crippen LogP contribution is -2.39. The minimum absolute atomic E-state index is 0.120. The molecule has 2 N–H and O–H groups in total. The average Bonchev–Trinajstić information content (AvgIpc) is 1.97. The number of aromatic nitrogens is 2. The van der Waals surface area contributed by atoms with E-state index in [-0.39, 0.29) is 10.1 Å². The van der Waals surface area contributed by atoms with E-state index in [1.807, 2.05) is 0 Å². The average molecular weight is 170 g/mol. The van der Waals surface area contributed by atoms with Crippen LogP contribution < -0.4 is 11.2 Å². The molecule has 6 heteroatoms. The maximum atomic E-state index is 11.0. The molecule has 0 radical (unpaired) electrons. The molecule has 0 aliphatic rings. The molecule has 6 nitrogen and oxygen atoms in total. The Labute approximate surface area is 66.1 Å². The summed E-state index contributed by atoms with van der Waals surface area (Å²) in [4.78, 5) is 34.2. The lowest BCUT2D eigenvalue weighted by Gasteiger charge is -1.96. The molecule has 0 bridgehead atoms. The van der Waals surface area contributed by atoms with Gasteiger partial charge in [0.1, 0.15) is 0 Å². The van der Waals surface area contributed by atoms with E-state index < -0.39 is 17.3 Å². The molecule has 0 aromatic carbocycles. The van der Waals surface area contributed by atoms with Gasteiger partial charge in [0.05, 0.1) is 0 Å². The van der Waals surface area contributed by atoms with E-state index in [2.05, 4.69) is 4.98 Å². The summed E-state index contributed by atoms with van der Waals surface area (Å²) in [6.45, 7) is 1.41. The molecule has 1 rings (SSSR count). The topological polar surface area (TPSA) is 92.2 Å². The van der Waals surface area contributed by atoms with Crippen molar-refractivity contribution in [1.82, 2.24) is 9.55 Å². The maximum absolute atomic E-state index is 11.0. The van der Waals surface area contributed by atoms with Gasteiger partial charge in [0.2, 0.25) is 0 Å². The highest BCUT2D eigenvalue weighted by Gasteiger charge is 2.09. The lowest BCUT2D eigenvalue weighted by atomic mass is 10.4. The van der Waals surface area contributed by atoms with Crippen molar-refractivity contribution in [1.29, 1.82) is 0 Å². The van der Waals surface area contributed by atoms with Crippen LogP contribution >= 0.6 is 0 Å². The third-order valence-corrected chi connectivity index (χ3v) is 1.35. The van der Waals surface area contributed by atoms with Crippen molar-refractivity contribution in [2.75, 3.05) is 0 Å². The van der Waals surface area contributed by atoms with Crippen molar-refractivity contribution in [3.63, 3.8) is 0 Å². The highest BCUT2D eigenvalue weighted by atomic mass is 16.4. The van der Waals surface area contributed by atoms with Crippen LogP contribution in [0.4, 0.5) is 4.79 Å². The Morgan fingerprint density at radius 3 is 2.58 bits per heavy atom. The zero-order valence-electron chi connectivity index (χ0n) is 6.20. The number of rotatable bonds is 0. The van der Waals surface area contributed by atoms with Crippen LogP contribution in [0.25, 0.3) is 0 Å². The van der Waals surface area contributed by atoms with Crippen LogP contribution in [0.15, 0.2) is 15.8 Å². The van der Waals surface area contributed by atoms with Gasteiger partial charge >= 0.3 is 11.8 Å². The van der Waals surface area contributed by atoms with Crippen LogP contribution in [0, 0.1) is 6.92 Å². The summed E-state index contributed by atoms with van der Waals surface area (Å²) < 4.78 is 0.120. The van der Waals surface area contributed by atoms with Gasteiger partial charge in [0, 0.05) is 11.8 Å². The van der Waals surface area contributed by atoms with Crippen LogP contribution in [0.2, 0.25) is 0 Å². The molecule has 1 aromatic rings. The molecule has 0 fully saturated rings. The van der Waals surface area contributed by atoms with Crippen molar-refractivity contribution in [3.8, 4) is 0 Å². The number of nitrogens with zero attached hydrogens (tertiary/aromatic N) is 1. The van der Waals surface area contributed by atoms with E-state index >= 15 is 0 Å². The second-order valence-corrected chi connectivity index (χ2v) is 2.20. The zero-order chi connectivity index (χ0) is 9.30. The fourth-order valence-corrected chi connectivity index (χ4v) is 0.739. The molecule has 0 saturated heterocycles. The van der Waals surface area contributed by atoms with E-state index in [9.17, 15) is 14.4 Å². The number of hydrogen-bond donors (Lipinski definition) is 2. The molecule has 0 amide bonds. The van der Waals surface area contributed by atoms with Crippen LogP contribution in [0.5, 0.6) is 0 Å². The molecular weight excluding hydrogens is 164 g/mol. The van der Waals surface area contributed by atoms with Crippen molar-refractivity contribution in [2.24, 2.45) is 0 Å². The predicted molar refractivity (Wildman–Crippen MR) is 39.5 cm³/mol.